The smallest absolute Gasteiger partial charge is 0.303 e. The van der Waals surface area contributed by atoms with E-state index in [1.54, 1.807) is 36.4 Å². The van der Waals surface area contributed by atoms with E-state index in [9.17, 15) is 9.59 Å². The predicted octanol–water partition coefficient (Wildman–Crippen LogP) is 6.48. The maximum atomic E-state index is 12.4. The van der Waals surface area contributed by atoms with Gasteiger partial charge < -0.3 is 15.2 Å². The van der Waals surface area contributed by atoms with Crippen LogP contribution < -0.4 is 10.1 Å². The molecule has 2 heterocycles. The van der Waals surface area contributed by atoms with Gasteiger partial charge in [0.05, 0.1) is 28.4 Å². The van der Waals surface area contributed by atoms with Crippen LogP contribution in [0.4, 0.5) is 0 Å². The van der Waals surface area contributed by atoms with Crippen LogP contribution in [0.25, 0.3) is 28.1 Å². The van der Waals surface area contributed by atoms with Gasteiger partial charge >= 0.3 is 5.97 Å². The second-order valence-corrected chi connectivity index (χ2v) is 8.99. The number of nitrogens with zero attached hydrogens (tertiary/aromatic N) is 1. The molecule has 0 bridgehead atoms. The molecule has 2 N–H and O–H groups in total. The number of hydrogen-bond acceptors (Lipinski definition) is 4. The Bertz CT molecular complexity index is 1310. The molecule has 1 unspecified atom stereocenters. The van der Waals surface area contributed by atoms with Crippen LogP contribution in [-0.4, -0.2) is 28.1 Å². The first-order chi connectivity index (χ1) is 16.2. The Hall–Kier alpha value is -3.06. The van der Waals surface area contributed by atoms with E-state index in [1.165, 1.54) is 0 Å². The number of fused-ring (bicyclic) bond motifs is 1. The molecule has 1 aromatic heterocycles. The maximum Gasteiger partial charge on any atom is 0.303 e. The summed E-state index contributed by atoms with van der Waals surface area (Å²) < 4.78 is 5.95. The van der Waals surface area contributed by atoms with E-state index in [2.05, 4.69) is 5.32 Å². The molecule has 6 nitrogen and oxygen atoms in total. The fourth-order valence-corrected chi connectivity index (χ4v) is 4.22. The third-order valence-electron chi connectivity index (χ3n) is 5.16. The number of ether oxygens (including phenoxy) is 1. The summed E-state index contributed by atoms with van der Waals surface area (Å²) in [4.78, 5) is 28.0. The van der Waals surface area contributed by atoms with Crippen LogP contribution >= 0.6 is 34.8 Å². The normalized spacial score (nSPS) is 14.6. The van der Waals surface area contributed by atoms with Crippen molar-refractivity contribution in [3.8, 4) is 28.3 Å². The van der Waals surface area contributed by atoms with Crippen LogP contribution in [0.1, 0.15) is 25.3 Å². The third-order valence-corrected chi connectivity index (χ3v) is 5.96. The number of amides is 1. The molecule has 0 spiro atoms. The highest BCUT2D eigenvalue weighted by Crippen LogP contribution is 2.41. The number of rotatable bonds is 6. The van der Waals surface area contributed by atoms with Crippen molar-refractivity contribution in [2.45, 2.75) is 25.9 Å². The van der Waals surface area contributed by atoms with Crippen molar-refractivity contribution < 1.29 is 19.4 Å². The number of aromatic nitrogens is 1. The van der Waals surface area contributed by atoms with Gasteiger partial charge in [-0.2, -0.15) is 0 Å². The van der Waals surface area contributed by atoms with Crippen molar-refractivity contribution in [3.63, 3.8) is 0 Å². The molecule has 34 heavy (non-hydrogen) atoms. The Morgan fingerprint density at radius 3 is 2.35 bits per heavy atom. The van der Waals surface area contributed by atoms with Crippen LogP contribution in [0.2, 0.25) is 15.1 Å². The zero-order chi connectivity index (χ0) is 24.4. The molecule has 0 saturated heterocycles. The highest BCUT2D eigenvalue weighted by atomic mass is 35.5. The maximum absolute atomic E-state index is 12.4. The summed E-state index contributed by atoms with van der Waals surface area (Å²) in [5.41, 5.74) is 3.88. The van der Waals surface area contributed by atoms with Gasteiger partial charge in [0.1, 0.15) is 6.10 Å². The molecule has 1 atom stereocenters. The van der Waals surface area contributed by atoms with Gasteiger partial charge in [-0.05, 0) is 55.0 Å². The van der Waals surface area contributed by atoms with Gasteiger partial charge in [-0.1, -0.05) is 46.9 Å². The molecular weight excluding hydrogens is 499 g/mol. The minimum atomic E-state index is -1.04. The Morgan fingerprint density at radius 1 is 0.971 bits per heavy atom. The second-order valence-electron chi connectivity index (χ2n) is 7.71. The molecule has 0 aliphatic carbocycles. The van der Waals surface area contributed by atoms with E-state index in [4.69, 9.17) is 49.6 Å². The van der Waals surface area contributed by atoms with Crippen LogP contribution in [0.15, 0.2) is 54.6 Å². The Balaban J connectivity index is 1.85. The van der Waals surface area contributed by atoms with Crippen molar-refractivity contribution in [1.82, 2.24) is 10.3 Å². The number of carbonyl (C=O) groups is 2. The SMILES string of the molecule is CC1C=C(NC(=O)CCC(=O)O)c2cc(-c3ccc(Cl)cc3)c(-c3ccc(Cl)cc3Cl)nc2O1. The zero-order valence-electron chi connectivity index (χ0n) is 17.9. The highest BCUT2D eigenvalue weighted by molar-refractivity contribution is 6.36. The number of carboxylic acids is 1. The van der Waals surface area contributed by atoms with Gasteiger partial charge in [-0.25, -0.2) is 4.98 Å². The van der Waals surface area contributed by atoms with E-state index in [-0.39, 0.29) is 18.9 Å². The lowest BCUT2D eigenvalue weighted by molar-refractivity contribution is -0.138. The summed E-state index contributed by atoms with van der Waals surface area (Å²) in [6.07, 6.45) is 0.973. The zero-order valence-corrected chi connectivity index (χ0v) is 20.2. The summed E-state index contributed by atoms with van der Waals surface area (Å²) >= 11 is 18.7. The molecule has 9 heteroatoms. The molecule has 1 aliphatic rings. The number of pyridine rings is 1. The lowest BCUT2D eigenvalue weighted by Crippen LogP contribution is -2.27. The molecule has 3 aromatic rings. The minimum absolute atomic E-state index is 0.146. The monoisotopic (exact) mass is 516 g/mol. The van der Waals surface area contributed by atoms with Crippen molar-refractivity contribution in [2.75, 3.05) is 0 Å². The Kier molecular flexibility index (Phi) is 7.12. The van der Waals surface area contributed by atoms with Crippen LogP contribution in [0, 0.1) is 0 Å². The van der Waals surface area contributed by atoms with E-state index in [0.29, 0.717) is 43.5 Å². The molecular formula is C25H19Cl3N2O4. The number of carbonyl (C=O) groups excluding carboxylic acids is 1. The fraction of sp³-hybridized carbons (Fsp3) is 0.160. The Labute approximate surface area is 211 Å². The van der Waals surface area contributed by atoms with Crippen molar-refractivity contribution in [3.05, 3.63) is 75.2 Å². The minimum Gasteiger partial charge on any atom is -0.481 e. The number of halogens is 3. The van der Waals surface area contributed by atoms with E-state index >= 15 is 0 Å². The molecule has 1 amide bonds. The van der Waals surface area contributed by atoms with Gasteiger partial charge in [0.15, 0.2) is 0 Å². The number of hydrogen-bond donors (Lipinski definition) is 2. The third kappa shape index (κ3) is 5.36. The first-order valence-corrected chi connectivity index (χ1v) is 11.5. The first kappa shape index (κ1) is 24.1. The summed E-state index contributed by atoms with van der Waals surface area (Å²) in [5.74, 6) is -1.13. The highest BCUT2D eigenvalue weighted by Gasteiger charge is 2.25. The van der Waals surface area contributed by atoms with E-state index in [0.717, 1.165) is 11.1 Å². The average molecular weight is 518 g/mol. The quantitative estimate of drug-likeness (QED) is 0.391. The topological polar surface area (TPSA) is 88.5 Å². The molecule has 1 aliphatic heterocycles. The fourth-order valence-electron chi connectivity index (χ4n) is 3.59. The molecule has 0 radical (unpaired) electrons. The Morgan fingerprint density at radius 2 is 1.68 bits per heavy atom. The summed E-state index contributed by atoms with van der Waals surface area (Å²) in [5, 5.41) is 13.2. The first-order valence-electron chi connectivity index (χ1n) is 10.4. The summed E-state index contributed by atoms with van der Waals surface area (Å²) in [6, 6.07) is 14.3. The lowest BCUT2D eigenvalue weighted by Gasteiger charge is -2.25. The molecule has 4 rings (SSSR count). The van der Waals surface area contributed by atoms with Gasteiger partial charge in [0.2, 0.25) is 11.8 Å². The molecule has 0 fully saturated rings. The molecule has 0 saturated carbocycles. The number of benzene rings is 2. The van der Waals surface area contributed by atoms with Gasteiger partial charge in [-0.15, -0.1) is 0 Å². The predicted molar refractivity (Wildman–Crippen MR) is 133 cm³/mol. The number of nitrogens with one attached hydrogen (secondary N) is 1. The van der Waals surface area contributed by atoms with Crippen LogP contribution in [0.3, 0.4) is 0 Å². The molecule has 174 valence electrons. The van der Waals surface area contributed by atoms with E-state index < -0.39 is 11.9 Å². The van der Waals surface area contributed by atoms with Gasteiger partial charge in [0, 0.05) is 27.6 Å². The standard InChI is InChI=1S/C25H19Cl3N2O4/c1-13-10-21(29-22(31)8-9-23(32)33)19-12-18(14-2-4-15(26)5-3-14)24(30-25(19)34-13)17-7-6-16(27)11-20(17)28/h2-7,10-13H,8-9H2,1H3,(H,29,31)(H,32,33). The number of aliphatic carboxylic acids is 1. The van der Waals surface area contributed by atoms with Crippen LogP contribution in [-0.2, 0) is 9.59 Å². The lowest BCUT2D eigenvalue weighted by atomic mass is 9.96. The van der Waals surface area contributed by atoms with Crippen molar-refractivity contribution >= 4 is 52.4 Å². The summed E-state index contributed by atoms with van der Waals surface area (Å²) in [6.45, 7) is 1.82. The van der Waals surface area contributed by atoms with Crippen molar-refractivity contribution in [1.29, 1.82) is 0 Å². The van der Waals surface area contributed by atoms with Crippen molar-refractivity contribution in [2.24, 2.45) is 0 Å². The van der Waals surface area contributed by atoms with Gasteiger partial charge in [0.25, 0.3) is 0 Å². The second kappa shape index (κ2) is 10.1. The van der Waals surface area contributed by atoms with E-state index in [1.807, 2.05) is 25.1 Å². The molecule has 2 aromatic carbocycles. The van der Waals surface area contributed by atoms with Crippen LogP contribution in [0.5, 0.6) is 5.88 Å². The summed E-state index contributed by atoms with van der Waals surface area (Å²) in [7, 11) is 0. The van der Waals surface area contributed by atoms with Gasteiger partial charge in [-0.3, -0.25) is 9.59 Å². The average Bonchev–Trinajstić information content (AvgIpc) is 2.77. The number of carboxylic acid groups (broad SMARTS) is 1. The largest absolute Gasteiger partial charge is 0.481 e.